The van der Waals surface area contributed by atoms with E-state index >= 15 is 0 Å². The Morgan fingerprint density at radius 2 is 2.12 bits per heavy atom. The molecular formula is C15H23NO. The molecule has 1 aliphatic rings. The molecular weight excluding hydrogens is 210 g/mol. The van der Waals surface area contributed by atoms with E-state index in [0.717, 1.165) is 12.2 Å². The van der Waals surface area contributed by atoms with E-state index in [4.69, 9.17) is 4.74 Å². The summed E-state index contributed by atoms with van der Waals surface area (Å²) in [5.41, 5.74) is 1.57. The van der Waals surface area contributed by atoms with Gasteiger partial charge in [0.1, 0.15) is 11.9 Å². The molecule has 0 amide bonds. The molecule has 1 aliphatic carbocycles. The number of hydrogen-bond acceptors (Lipinski definition) is 2. The highest BCUT2D eigenvalue weighted by molar-refractivity contribution is 5.28. The Hall–Kier alpha value is -1.02. The van der Waals surface area contributed by atoms with Crippen LogP contribution in [0.3, 0.4) is 0 Å². The fraction of sp³-hybridized carbons (Fsp3) is 0.600. The second-order valence-electron chi connectivity index (χ2n) is 5.77. The number of likely N-dealkylation sites (N-methyl/N-ethyl adjacent to an activating group) is 1. The van der Waals surface area contributed by atoms with Crippen LogP contribution in [0.4, 0.5) is 0 Å². The molecule has 17 heavy (non-hydrogen) atoms. The van der Waals surface area contributed by atoms with Crippen molar-refractivity contribution in [1.29, 1.82) is 0 Å². The molecule has 1 aromatic rings. The van der Waals surface area contributed by atoms with Gasteiger partial charge in [0, 0.05) is 6.04 Å². The summed E-state index contributed by atoms with van der Waals surface area (Å²) in [7, 11) is 2.03. The first-order chi connectivity index (χ1) is 8.03. The Kier molecular flexibility index (Phi) is 3.43. The second-order valence-corrected chi connectivity index (χ2v) is 5.77. The third-order valence-electron chi connectivity index (χ3n) is 3.87. The van der Waals surface area contributed by atoms with Crippen LogP contribution < -0.4 is 10.1 Å². The minimum Gasteiger partial charge on any atom is -0.489 e. The van der Waals surface area contributed by atoms with Crippen molar-refractivity contribution in [1.82, 2.24) is 5.32 Å². The van der Waals surface area contributed by atoms with Crippen LogP contribution in [0.25, 0.3) is 0 Å². The summed E-state index contributed by atoms with van der Waals surface area (Å²) in [6, 6.07) is 8.74. The molecule has 2 unspecified atom stereocenters. The molecule has 0 heterocycles. The van der Waals surface area contributed by atoms with E-state index in [1.165, 1.54) is 12.0 Å². The van der Waals surface area contributed by atoms with Crippen LogP contribution in [-0.2, 0) is 0 Å². The van der Waals surface area contributed by atoms with E-state index < -0.39 is 0 Å². The van der Waals surface area contributed by atoms with Crippen LogP contribution in [0.15, 0.2) is 24.3 Å². The van der Waals surface area contributed by atoms with Gasteiger partial charge in [-0.3, -0.25) is 0 Å². The van der Waals surface area contributed by atoms with Gasteiger partial charge >= 0.3 is 0 Å². The normalized spacial score (nSPS) is 27.1. The molecule has 0 saturated heterocycles. The van der Waals surface area contributed by atoms with E-state index in [1.54, 1.807) is 0 Å². The number of aryl methyl sites for hydroxylation is 1. The van der Waals surface area contributed by atoms with Crippen LogP contribution in [0.1, 0.15) is 32.3 Å². The Bertz CT molecular complexity index is 386. The lowest BCUT2D eigenvalue weighted by Gasteiger charge is -2.30. The van der Waals surface area contributed by atoms with Crippen molar-refractivity contribution < 1.29 is 4.74 Å². The van der Waals surface area contributed by atoms with E-state index in [-0.39, 0.29) is 6.10 Å². The minimum absolute atomic E-state index is 0.289. The topological polar surface area (TPSA) is 21.3 Å². The maximum Gasteiger partial charge on any atom is 0.120 e. The average molecular weight is 233 g/mol. The van der Waals surface area contributed by atoms with Crippen molar-refractivity contribution >= 4 is 0 Å². The van der Waals surface area contributed by atoms with Gasteiger partial charge in [-0.25, -0.2) is 0 Å². The average Bonchev–Trinajstić information content (AvgIpc) is 2.53. The zero-order chi connectivity index (χ0) is 12.5. The van der Waals surface area contributed by atoms with Gasteiger partial charge in [0.2, 0.25) is 0 Å². The summed E-state index contributed by atoms with van der Waals surface area (Å²) >= 11 is 0. The van der Waals surface area contributed by atoms with Crippen molar-refractivity contribution in [3.63, 3.8) is 0 Å². The number of hydrogen-bond donors (Lipinski definition) is 1. The van der Waals surface area contributed by atoms with Gasteiger partial charge in [-0.1, -0.05) is 26.0 Å². The molecule has 1 saturated carbocycles. The van der Waals surface area contributed by atoms with Gasteiger partial charge in [-0.15, -0.1) is 0 Å². The Labute approximate surface area is 104 Å². The third kappa shape index (κ3) is 2.63. The maximum absolute atomic E-state index is 6.13. The molecule has 0 spiro atoms. The highest BCUT2D eigenvalue weighted by Crippen LogP contribution is 2.39. The molecule has 0 bridgehead atoms. The summed E-state index contributed by atoms with van der Waals surface area (Å²) in [5.74, 6) is 0.993. The maximum atomic E-state index is 6.13. The molecule has 1 N–H and O–H groups in total. The van der Waals surface area contributed by atoms with E-state index in [1.807, 2.05) is 13.1 Å². The first-order valence-corrected chi connectivity index (χ1v) is 6.43. The summed E-state index contributed by atoms with van der Waals surface area (Å²) in [4.78, 5) is 0. The van der Waals surface area contributed by atoms with Crippen molar-refractivity contribution in [3.8, 4) is 5.75 Å². The second kappa shape index (κ2) is 4.69. The van der Waals surface area contributed by atoms with Crippen molar-refractivity contribution in [2.24, 2.45) is 5.41 Å². The highest BCUT2D eigenvalue weighted by atomic mass is 16.5. The lowest BCUT2D eigenvalue weighted by molar-refractivity contribution is 0.146. The monoisotopic (exact) mass is 233 g/mol. The molecule has 2 nitrogen and oxygen atoms in total. The molecule has 94 valence electrons. The van der Waals surface area contributed by atoms with Crippen LogP contribution in [0.5, 0.6) is 5.75 Å². The molecule has 2 rings (SSSR count). The summed E-state index contributed by atoms with van der Waals surface area (Å²) in [6.45, 7) is 6.72. The summed E-state index contributed by atoms with van der Waals surface area (Å²) in [5, 5.41) is 3.41. The predicted octanol–water partition coefficient (Wildman–Crippen LogP) is 3.15. The Balaban J connectivity index is 2.09. The van der Waals surface area contributed by atoms with Crippen LogP contribution in [-0.4, -0.2) is 19.2 Å². The fourth-order valence-electron chi connectivity index (χ4n) is 2.91. The van der Waals surface area contributed by atoms with Gasteiger partial charge in [0.05, 0.1) is 0 Å². The van der Waals surface area contributed by atoms with E-state index in [0.29, 0.717) is 11.5 Å². The number of ether oxygens (including phenoxy) is 1. The van der Waals surface area contributed by atoms with E-state index in [2.05, 4.69) is 44.3 Å². The lowest BCUT2D eigenvalue weighted by atomic mass is 9.87. The van der Waals surface area contributed by atoms with Crippen LogP contribution in [0, 0.1) is 12.3 Å². The first-order valence-electron chi connectivity index (χ1n) is 6.43. The molecule has 2 atom stereocenters. The highest BCUT2D eigenvalue weighted by Gasteiger charge is 2.42. The summed E-state index contributed by atoms with van der Waals surface area (Å²) in [6.07, 6.45) is 2.64. The van der Waals surface area contributed by atoms with Crippen molar-refractivity contribution in [3.05, 3.63) is 29.8 Å². The predicted molar refractivity (Wildman–Crippen MR) is 71.5 cm³/mol. The quantitative estimate of drug-likeness (QED) is 0.866. The van der Waals surface area contributed by atoms with Gasteiger partial charge in [-0.05, 0) is 49.9 Å². The first kappa shape index (κ1) is 12.4. The molecule has 1 aromatic carbocycles. The molecule has 1 fully saturated rings. The van der Waals surface area contributed by atoms with Crippen LogP contribution in [0.2, 0.25) is 0 Å². The minimum atomic E-state index is 0.289. The Morgan fingerprint density at radius 1 is 1.35 bits per heavy atom. The molecule has 0 radical (unpaired) electrons. The zero-order valence-corrected chi connectivity index (χ0v) is 11.3. The standard InChI is InChI=1S/C15H23NO/c1-11-6-5-7-12(10-11)17-13-8-9-15(2,3)14(13)16-4/h5-7,10,13-14,16H,8-9H2,1-4H3. The van der Waals surface area contributed by atoms with Gasteiger partial charge in [-0.2, -0.15) is 0 Å². The summed E-state index contributed by atoms with van der Waals surface area (Å²) < 4.78 is 6.13. The number of nitrogens with one attached hydrogen (secondary N) is 1. The molecule has 0 aliphatic heterocycles. The van der Waals surface area contributed by atoms with E-state index in [9.17, 15) is 0 Å². The van der Waals surface area contributed by atoms with Crippen LogP contribution >= 0.6 is 0 Å². The van der Waals surface area contributed by atoms with Gasteiger partial charge in [0.25, 0.3) is 0 Å². The molecule has 2 heteroatoms. The zero-order valence-electron chi connectivity index (χ0n) is 11.3. The smallest absolute Gasteiger partial charge is 0.120 e. The number of rotatable bonds is 3. The third-order valence-corrected chi connectivity index (χ3v) is 3.87. The van der Waals surface area contributed by atoms with Crippen molar-refractivity contribution in [2.45, 2.75) is 45.8 Å². The van der Waals surface area contributed by atoms with Gasteiger partial charge in [0.15, 0.2) is 0 Å². The largest absolute Gasteiger partial charge is 0.489 e. The SMILES string of the molecule is CNC1C(Oc2cccc(C)c2)CCC1(C)C. The molecule has 0 aromatic heterocycles. The fourth-order valence-corrected chi connectivity index (χ4v) is 2.91. The van der Waals surface area contributed by atoms with Gasteiger partial charge < -0.3 is 10.1 Å². The number of benzene rings is 1. The lowest BCUT2D eigenvalue weighted by Crippen LogP contribution is -2.44. The Morgan fingerprint density at radius 3 is 2.76 bits per heavy atom. The van der Waals surface area contributed by atoms with Crippen molar-refractivity contribution in [2.75, 3.05) is 7.05 Å².